The molecule has 0 radical (unpaired) electrons. The average Bonchev–Trinajstić information content (AvgIpc) is 2.87. The average molecular weight is 286 g/mol. The number of nitrogens with one attached hydrogen (secondary N) is 1. The van der Waals surface area contributed by atoms with Crippen LogP contribution in [0.25, 0.3) is 0 Å². The molecule has 3 atom stereocenters. The highest BCUT2D eigenvalue weighted by Crippen LogP contribution is 2.44. The van der Waals surface area contributed by atoms with E-state index in [4.69, 9.17) is 0 Å². The summed E-state index contributed by atoms with van der Waals surface area (Å²) in [4.78, 5) is 2.83. The molecule has 0 spiro atoms. The van der Waals surface area contributed by atoms with Crippen molar-refractivity contribution in [3.05, 3.63) is 35.9 Å². The van der Waals surface area contributed by atoms with Crippen molar-refractivity contribution in [3.8, 4) is 0 Å². The van der Waals surface area contributed by atoms with Crippen LogP contribution in [0.5, 0.6) is 0 Å². The minimum absolute atomic E-state index is 0.461. The molecule has 2 aliphatic rings. The summed E-state index contributed by atoms with van der Waals surface area (Å²) in [5, 5.41) is 3.76. The second-order valence-corrected chi connectivity index (χ2v) is 7.53. The Bertz CT molecular complexity index is 454. The van der Waals surface area contributed by atoms with Crippen molar-refractivity contribution in [1.82, 2.24) is 10.2 Å². The van der Waals surface area contributed by atoms with E-state index >= 15 is 0 Å². The lowest BCUT2D eigenvalue weighted by molar-refractivity contribution is 0.0337. The third-order valence-electron chi connectivity index (χ3n) is 5.71. The number of rotatable bonds is 3. The van der Waals surface area contributed by atoms with Crippen molar-refractivity contribution in [1.29, 1.82) is 0 Å². The Morgan fingerprint density at radius 3 is 2.62 bits per heavy atom. The molecule has 21 heavy (non-hydrogen) atoms. The topological polar surface area (TPSA) is 15.3 Å². The van der Waals surface area contributed by atoms with Crippen LogP contribution in [-0.4, -0.2) is 30.1 Å². The van der Waals surface area contributed by atoms with Crippen LogP contribution in [-0.2, 0) is 0 Å². The highest BCUT2D eigenvalue weighted by atomic mass is 15.3. The van der Waals surface area contributed by atoms with Gasteiger partial charge in [0.25, 0.3) is 0 Å². The van der Waals surface area contributed by atoms with Crippen molar-refractivity contribution in [2.24, 2.45) is 5.41 Å². The molecule has 1 aliphatic heterocycles. The standard InChI is InChI=1S/C19H30N2/c1-4-16-14-21(18-11-8-12-19(18,2)3)17(13-20-16)15-9-6-5-7-10-15/h5-7,9-10,16-18,20H,4,8,11-14H2,1-3H3. The number of nitrogens with zero attached hydrogens (tertiary/aromatic N) is 1. The molecule has 2 heteroatoms. The summed E-state index contributed by atoms with van der Waals surface area (Å²) in [6.07, 6.45) is 5.36. The summed E-state index contributed by atoms with van der Waals surface area (Å²) in [5.74, 6) is 0. The Labute approximate surface area is 129 Å². The molecule has 1 aliphatic carbocycles. The van der Waals surface area contributed by atoms with Crippen LogP contribution in [0.1, 0.15) is 58.1 Å². The van der Waals surface area contributed by atoms with Gasteiger partial charge in [-0.25, -0.2) is 0 Å². The SMILES string of the molecule is CCC1CN(C2CCCC2(C)C)C(c2ccccc2)CN1. The van der Waals surface area contributed by atoms with E-state index in [2.05, 4.69) is 61.3 Å². The molecule has 2 nitrogen and oxygen atoms in total. The molecule has 0 amide bonds. The first-order chi connectivity index (χ1) is 10.1. The first-order valence-corrected chi connectivity index (χ1v) is 8.66. The Kier molecular flexibility index (Phi) is 4.37. The van der Waals surface area contributed by atoms with Gasteiger partial charge in [-0.1, -0.05) is 57.5 Å². The molecule has 1 saturated heterocycles. The van der Waals surface area contributed by atoms with Gasteiger partial charge in [0, 0.05) is 31.2 Å². The minimum Gasteiger partial charge on any atom is -0.311 e. The van der Waals surface area contributed by atoms with Crippen LogP contribution < -0.4 is 5.32 Å². The third kappa shape index (κ3) is 3.02. The van der Waals surface area contributed by atoms with E-state index < -0.39 is 0 Å². The zero-order valence-corrected chi connectivity index (χ0v) is 13.8. The van der Waals surface area contributed by atoms with Gasteiger partial charge in [-0.3, -0.25) is 4.90 Å². The summed E-state index contributed by atoms with van der Waals surface area (Å²) in [5.41, 5.74) is 1.94. The number of hydrogen-bond acceptors (Lipinski definition) is 2. The molecule has 3 rings (SSSR count). The first kappa shape index (κ1) is 15.1. The third-order valence-corrected chi connectivity index (χ3v) is 5.71. The molecule has 0 bridgehead atoms. The lowest BCUT2D eigenvalue weighted by Crippen LogP contribution is -2.57. The molecule has 116 valence electrons. The Hall–Kier alpha value is -0.860. The van der Waals surface area contributed by atoms with Gasteiger partial charge in [-0.15, -0.1) is 0 Å². The van der Waals surface area contributed by atoms with E-state index in [9.17, 15) is 0 Å². The fourth-order valence-corrected chi connectivity index (χ4v) is 4.37. The van der Waals surface area contributed by atoms with Crippen LogP contribution in [0.3, 0.4) is 0 Å². The number of benzene rings is 1. The molecular weight excluding hydrogens is 256 g/mol. The Morgan fingerprint density at radius 1 is 1.24 bits per heavy atom. The van der Waals surface area contributed by atoms with Crippen molar-refractivity contribution < 1.29 is 0 Å². The van der Waals surface area contributed by atoms with Crippen LogP contribution in [0.15, 0.2) is 30.3 Å². The zero-order valence-electron chi connectivity index (χ0n) is 13.8. The number of hydrogen-bond donors (Lipinski definition) is 1. The van der Waals surface area contributed by atoms with Gasteiger partial charge >= 0.3 is 0 Å². The molecule has 1 saturated carbocycles. The van der Waals surface area contributed by atoms with Gasteiger partial charge in [0.15, 0.2) is 0 Å². The van der Waals surface area contributed by atoms with Gasteiger partial charge in [0.1, 0.15) is 0 Å². The van der Waals surface area contributed by atoms with Crippen LogP contribution in [0.2, 0.25) is 0 Å². The van der Waals surface area contributed by atoms with Crippen molar-refractivity contribution in [2.45, 2.75) is 64.6 Å². The highest BCUT2D eigenvalue weighted by Gasteiger charge is 2.43. The molecule has 1 heterocycles. The molecular formula is C19H30N2. The predicted molar refractivity (Wildman–Crippen MR) is 89.4 cm³/mol. The summed E-state index contributed by atoms with van der Waals surface area (Å²) >= 11 is 0. The van der Waals surface area contributed by atoms with Gasteiger partial charge in [-0.05, 0) is 30.2 Å². The fraction of sp³-hybridized carbons (Fsp3) is 0.684. The zero-order chi connectivity index (χ0) is 14.9. The molecule has 1 aromatic rings. The number of piperazine rings is 1. The second-order valence-electron chi connectivity index (χ2n) is 7.53. The highest BCUT2D eigenvalue weighted by molar-refractivity contribution is 5.21. The summed E-state index contributed by atoms with van der Waals surface area (Å²) < 4.78 is 0. The van der Waals surface area contributed by atoms with E-state index in [0.717, 1.165) is 12.6 Å². The normalized spacial score (nSPS) is 33.2. The fourth-order valence-electron chi connectivity index (χ4n) is 4.37. The molecule has 1 N–H and O–H groups in total. The molecule has 3 unspecified atom stereocenters. The monoisotopic (exact) mass is 286 g/mol. The smallest absolute Gasteiger partial charge is 0.0476 e. The van der Waals surface area contributed by atoms with E-state index in [-0.39, 0.29) is 0 Å². The van der Waals surface area contributed by atoms with Crippen molar-refractivity contribution in [2.75, 3.05) is 13.1 Å². The van der Waals surface area contributed by atoms with Crippen molar-refractivity contribution >= 4 is 0 Å². The Balaban J connectivity index is 1.87. The molecule has 0 aromatic heterocycles. The summed E-state index contributed by atoms with van der Waals surface area (Å²) in [6.45, 7) is 9.53. The summed E-state index contributed by atoms with van der Waals surface area (Å²) in [6, 6.07) is 13.0. The van der Waals surface area contributed by atoms with E-state index in [1.807, 2.05) is 0 Å². The maximum atomic E-state index is 3.76. The maximum absolute atomic E-state index is 3.76. The van der Waals surface area contributed by atoms with E-state index in [0.29, 0.717) is 17.5 Å². The predicted octanol–water partition coefficient (Wildman–Crippen LogP) is 3.99. The van der Waals surface area contributed by atoms with Crippen molar-refractivity contribution in [3.63, 3.8) is 0 Å². The maximum Gasteiger partial charge on any atom is 0.0476 e. The quantitative estimate of drug-likeness (QED) is 0.904. The lowest BCUT2D eigenvalue weighted by Gasteiger charge is -2.47. The van der Waals surface area contributed by atoms with E-state index in [1.54, 1.807) is 0 Å². The van der Waals surface area contributed by atoms with E-state index in [1.165, 1.54) is 37.8 Å². The van der Waals surface area contributed by atoms with Gasteiger partial charge in [0.2, 0.25) is 0 Å². The van der Waals surface area contributed by atoms with Crippen LogP contribution in [0, 0.1) is 5.41 Å². The second kappa shape index (κ2) is 6.10. The largest absolute Gasteiger partial charge is 0.311 e. The van der Waals surface area contributed by atoms with Crippen LogP contribution in [0.4, 0.5) is 0 Å². The summed E-state index contributed by atoms with van der Waals surface area (Å²) in [7, 11) is 0. The Morgan fingerprint density at radius 2 is 2.00 bits per heavy atom. The van der Waals surface area contributed by atoms with Gasteiger partial charge in [-0.2, -0.15) is 0 Å². The lowest BCUT2D eigenvalue weighted by atomic mass is 9.84. The van der Waals surface area contributed by atoms with Crippen LogP contribution >= 0.6 is 0 Å². The molecule has 2 fully saturated rings. The van der Waals surface area contributed by atoms with Gasteiger partial charge in [0.05, 0.1) is 0 Å². The molecule has 1 aromatic carbocycles. The van der Waals surface area contributed by atoms with Gasteiger partial charge < -0.3 is 5.32 Å². The minimum atomic E-state index is 0.461. The first-order valence-electron chi connectivity index (χ1n) is 8.66.